The highest BCUT2D eigenvalue weighted by Gasteiger charge is 2.16. The van der Waals surface area contributed by atoms with Gasteiger partial charge in [-0.15, -0.1) is 0 Å². The minimum absolute atomic E-state index is 0.0570. The number of nitrogens with zero attached hydrogens (tertiary/aromatic N) is 1. The molecule has 17 heavy (non-hydrogen) atoms. The summed E-state index contributed by atoms with van der Waals surface area (Å²) in [5.41, 5.74) is 8.55. The number of nitrogen functional groups attached to an aromatic ring is 1. The normalized spacial score (nSPS) is 15.5. The smallest absolute Gasteiger partial charge is 0.354 e. The van der Waals surface area contributed by atoms with Crippen LogP contribution >= 0.6 is 0 Å². The predicted molar refractivity (Wildman–Crippen MR) is 63.8 cm³/mol. The van der Waals surface area contributed by atoms with E-state index in [9.17, 15) is 4.79 Å². The van der Waals surface area contributed by atoms with Crippen LogP contribution in [0.1, 0.15) is 28.2 Å². The van der Waals surface area contributed by atoms with E-state index >= 15 is 0 Å². The number of hydrogen-bond acceptors (Lipinski definition) is 4. The monoisotopic (exact) mass is 234 g/mol. The zero-order valence-corrected chi connectivity index (χ0v) is 9.56. The van der Waals surface area contributed by atoms with Crippen LogP contribution in [-0.2, 0) is 4.74 Å². The van der Waals surface area contributed by atoms with Crippen LogP contribution in [-0.4, -0.2) is 29.3 Å². The van der Waals surface area contributed by atoms with Crippen LogP contribution in [0, 0.1) is 6.92 Å². The van der Waals surface area contributed by atoms with Crippen LogP contribution in [0.15, 0.2) is 12.1 Å². The van der Waals surface area contributed by atoms with E-state index in [-0.39, 0.29) is 5.69 Å². The lowest BCUT2D eigenvalue weighted by Gasteiger charge is -2.15. The van der Waals surface area contributed by atoms with Gasteiger partial charge in [-0.25, -0.2) is 9.78 Å². The molecule has 2 rings (SSSR count). The number of hydrogen-bond donors (Lipinski definition) is 2. The third-order valence-corrected chi connectivity index (χ3v) is 2.71. The van der Waals surface area contributed by atoms with E-state index in [1.807, 2.05) is 6.08 Å². The zero-order chi connectivity index (χ0) is 12.4. The van der Waals surface area contributed by atoms with Crippen molar-refractivity contribution in [3.05, 3.63) is 29.1 Å². The molecule has 3 N–H and O–H groups in total. The molecule has 1 aromatic rings. The van der Waals surface area contributed by atoms with Crippen LogP contribution < -0.4 is 5.73 Å². The first-order chi connectivity index (χ1) is 8.09. The third-order valence-electron chi connectivity index (χ3n) is 2.71. The van der Waals surface area contributed by atoms with Crippen molar-refractivity contribution in [1.82, 2.24) is 4.98 Å². The Bertz CT molecular complexity index is 495. The SMILES string of the molecule is Cc1cc(N)c(C2=CCOCC2)nc1C(=O)O. The Morgan fingerprint density at radius 1 is 1.59 bits per heavy atom. The van der Waals surface area contributed by atoms with E-state index in [0.29, 0.717) is 36.6 Å². The fraction of sp³-hybridized carbons (Fsp3) is 0.333. The third kappa shape index (κ3) is 2.29. The summed E-state index contributed by atoms with van der Waals surface area (Å²) >= 11 is 0. The van der Waals surface area contributed by atoms with E-state index in [1.165, 1.54) is 0 Å². The second-order valence-electron chi connectivity index (χ2n) is 3.95. The zero-order valence-electron chi connectivity index (χ0n) is 9.56. The number of aromatic nitrogens is 1. The summed E-state index contributed by atoms with van der Waals surface area (Å²) in [5.74, 6) is -1.03. The van der Waals surface area contributed by atoms with Gasteiger partial charge in [0.15, 0.2) is 5.69 Å². The summed E-state index contributed by atoms with van der Waals surface area (Å²) in [5, 5.41) is 9.03. The Morgan fingerprint density at radius 3 is 2.94 bits per heavy atom. The Morgan fingerprint density at radius 2 is 2.35 bits per heavy atom. The lowest BCUT2D eigenvalue weighted by Crippen LogP contribution is -2.11. The molecular formula is C12H14N2O3. The van der Waals surface area contributed by atoms with Crippen LogP contribution in [0.3, 0.4) is 0 Å². The molecule has 0 radical (unpaired) electrons. The Kier molecular flexibility index (Phi) is 3.10. The summed E-state index contributed by atoms with van der Waals surface area (Å²) in [6.45, 7) is 2.82. The topological polar surface area (TPSA) is 85.4 Å². The minimum Gasteiger partial charge on any atom is -0.477 e. The Balaban J connectivity index is 2.50. The summed E-state index contributed by atoms with van der Waals surface area (Å²) in [6.07, 6.45) is 2.60. The lowest BCUT2D eigenvalue weighted by molar-refractivity contribution is 0.0689. The fourth-order valence-corrected chi connectivity index (χ4v) is 1.85. The highest BCUT2D eigenvalue weighted by Crippen LogP contribution is 2.26. The van der Waals surface area contributed by atoms with Crippen LogP contribution in [0.4, 0.5) is 5.69 Å². The maximum atomic E-state index is 11.0. The maximum Gasteiger partial charge on any atom is 0.354 e. The van der Waals surface area contributed by atoms with Crippen LogP contribution in [0.5, 0.6) is 0 Å². The number of nitrogens with two attached hydrogens (primary N) is 1. The standard InChI is InChI=1S/C12H14N2O3/c1-7-6-9(13)11(14-10(7)12(15)16)8-2-4-17-5-3-8/h2,6H,3-5,13H2,1H3,(H,15,16). The van der Waals surface area contributed by atoms with Crippen molar-refractivity contribution in [2.75, 3.05) is 18.9 Å². The summed E-state index contributed by atoms with van der Waals surface area (Å²) in [6, 6.07) is 1.65. The molecule has 0 saturated heterocycles. The number of rotatable bonds is 2. The van der Waals surface area contributed by atoms with Gasteiger partial charge >= 0.3 is 5.97 Å². The first-order valence-corrected chi connectivity index (χ1v) is 5.37. The van der Waals surface area contributed by atoms with Crippen LogP contribution in [0.25, 0.3) is 5.57 Å². The van der Waals surface area contributed by atoms with Crippen molar-refractivity contribution in [2.24, 2.45) is 0 Å². The largest absolute Gasteiger partial charge is 0.477 e. The van der Waals surface area contributed by atoms with E-state index in [4.69, 9.17) is 15.6 Å². The fourth-order valence-electron chi connectivity index (χ4n) is 1.85. The number of aryl methyl sites for hydroxylation is 1. The molecule has 0 fully saturated rings. The number of ether oxygens (including phenoxy) is 1. The Hall–Kier alpha value is -1.88. The first kappa shape index (κ1) is 11.6. The highest BCUT2D eigenvalue weighted by molar-refractivity contribution is 5.89. The quantitative estimate of drug-likeness (QED) is 0.809. The summed E-state index contributed by atoms with van der Waals surface area (Å²) < 4.78 is 5.20. The molecule has 0 saturated carbocycles. The van der Waals surface area contributed by atoms with Gasteiger partial charge in [-0.3, -0.25) is 0 Å². The van der Waals surface area contributed by atoms with Gasteiger partial charge in [0.25, 0.3) is 0 Å². The van der Waals surface area contributed by atoms with Crippen molar-refractivity contribution in [3.8, 4) is 0 Å². The number of anilines is 1. The molecule has 0 atom stereocenters. The second kappa shape index (κ2) is 4.55. The first-order valence-electron chi connectivity index (χ1n) is 5.37. The average Bonchev–Trinajstić information content (AvgIpc) is 2.29. The van der Waals surface area contributed by atoms with E-state index in [1.54, 1.807) is 13.0 Å². The van der Waals surface area contributed by atoms with E-state index in [2.05, 4.69) is 4.98 Å². The van der Waals surface area contributed by atoms with Gasteiger partial charge in [0.2, 0.25) is 0 Å². The molecule has 0 aromatic carbocycles. The number of carbonyl (C=O) groups is 1. The van der Waals surface area contributed by atoms with E-state index < -0.39 is 5.97 Å². The number of carboxylic acid groups (broad SMARTS) is 1. The summed E-state index contributed by atoms with van der Waals surface area (Å²) in [7, 11) is 0. The number of carboxylic acids is 1. The van der Waals surface area contributed by atoms with Gasteiger partial charge in [0.05, 0.1) is 24.6 Å². The molecule has 90 valence electrons. The lowest BCUT2D eigenvalue weighted by atomic mass is 10.0. The molecule has 5 heteroatoms. The van der Waals surface area contributed by atoms with Gasteiger partial charge in [0.1, 0.15) is 0 Å². The van der Waals surface area contributed by atoms with Crippen LogP contribution in [0.2, 0.25) is 0 Å². The predicted octanol–water partition coefficient (Wildman–Crippen LogP) is 1.47. The molecule has 0 unspecified atom stereocenters. The van der Waals surface area contributed by atoms with Gasteiger partial charge in [-0.2, -0.15) is 0 Å². The molecule has 1 aromatic heterocycles. The molecule has 2 heterocycles. The summed E-state index contributed by atoms with van der Waals surface area (Å²) in [4.78, 5) is 15.2. The van der Waals surface area contributed by atoms with Gasteiger partial charge in [-0.1, -0.05) is 6.08 Å². The maximum absolute atomic E-state index is 11.0. The average molecular weight is 234 g/mol. The number of pyridine rings is 1. The van der Waals surface area contributed by atoms with Crippen molar-refractivity contribution in [2.45, 2.75) is 13.3 Å². The molecule has 0 bridgehead atoms. The van der Waals surface area contributed by atoms with Gasteiger partial charge < -0.3 is 15.6 Å². The molecule has 5 nitrogen and oxygen atoms in total. The van der Waals surface area contributed by atoms with Gasteiger partial charge in [0, 0.05) is 0 Å². The van der Waals surface area contributed by atoms with Crippen molar-refractivity contribution in [3.63, 3.8) is 0 Å². The second-order valence-corrected chi connectivity index (χ2v) is 3.95. The van der Waals surface area contributed by atoms with E-state index in [0.717, 1.165) is 5.57 Å². The van der Waals surface area contributed by atoms with Crippen molar-refractivity contribution in [1.29, 1.82) is 0 Å². The minimum atomic E-state index is -1.03. The molecular weight excluding hydrogens is 220 g/mol. The van der Waals surface area contributed by atoms with Gasteiger partial charge in [-0.05, 0) is 30.5 Å². The highest BCUT2D eigenvalue weighted by atomic mass is 16.5. The number of aromatic carboxylic acids is 1. The van der Waals surface area contributed by atoms with Crippen molar-refractivity contribution >= 4 is 17.2 Å². The Labute approximate surface area is 98.9 Å². The van der Waals surface area contributed by atoms with Crippen molar-refractivity contribution < 1.29 is 14.6 Å². The molecule has 1 aliphatic heterocycles. The molecule has 0 spiro atoms. The molecule has 0 aliphatic carbocycles. The molecule has 0 amide bonds. The molecule has 1 aliphatic rings.